The summed E-state index contributed by atoms with van der Waals surface area (Å²) in [7, 11) is 0. The summed E-state index contributed by atoms with van der Waals surface area (Å²) in [5, 5.41) is 6.71. The highest BCUT2D eigenvalue weighted by molar-refractivity contribution is 5.89. The van der Waals surface area contributed by atoms with Crippen LogP contribution in [0.15, 0.2) is 4.52 Å². The molecule has 1 atom stereocenters. The minimum Gasteiger partial charge on any atom is -0.361 e. The number of hydrogen-bond donors (Lipinski definition) is 1. The van der Waals surface area contributed by atoms with Crippen LogP contribution in [0, 0.1) is 19.8 Å². The Morgan fingerprint density at radius 3 is 2.59 bits per heavy atom. The molecule has 2 amide bonds. The van der Waals surface area contributed by atoms with Gasteiger partial charge in [0.1, 0.15) is 5.76 Å². The molecule has 120 valence electrons. The van der Waals surface area contributed by atoms with Gasteiger partial charge in [0.2, 0.25) is 11.8 Å². The number of amides is 2. The zero-order valence-corrected chi connectivity index (χ0v) is 13.1. The summed E-state index contributed by atoms with van der Waals surface area (Å²) in [6.07, 6.45) is 0.331. The predicted octanol–water partition coefficient (Wildman–Crippen LogP) is 0.0717. The van der Waals surface area contributed by atoms with Gasteiger partial charge in [-0.25, -0.2) is 0 Å². The summed E-state index contributed by atoms with van der Waals surface area (Å²) in [5.41, 5.74) is 2.08. The van der Waals surface area contributed by atoms with Gasteiger partial charge in [-0.3, -0.25) is 14.5 Å². The lowest BCUT2D eigenvalue weighted by molar-refractivity contribution is -0.137. The molecule has 0 aromatic carbocycles. The molecule has 0 bridgehead atoms. The molecule has 1 aromatic heterocycles. The smallest absolute Gasteiger partial charge is 0.228 e. The number of aryl methyl sites for hydroxylation is 2. The van der Waals surface area contributed by atoms with Crippen molar-refractivity contribution in [2.75, 3.05) is 32.7 Å². The summed E-state index contributed by atoms with van der Waals surface area (Å²) >= 11 is 0. The first-order chi connectivity index (χ1) is 10.5. The van der Waals surface area contributed by atoms with E-state index >= 15 is 0 Å². The number of carbonyl (C=O) groups is 2. The highest BCUT2D eigenvalue weighted by Crippen LogP contribution is 2.18. The van der Waals surface area contributed by atoms with Crippen molar-refractivity contribution < 1.29 is 14.1 Å². The molecule has 7 nitrogen and oxygen atoms in total. The number of rotatable bonds is 3. The van der Waals surface area contributed by atoms with Crippen molar-refractivity contribution in [1.29, 1.82) is 0 Å². The summed E-state index contributed by atoms with van der Waals surface area (Å²) < 4.78 is 5.19. The lowest BCUT2D eigenvalue weighted by Gasteiger charge is -2.35. The number of nitrogens with one attached hydrogen (secondary N) is 1. The highest BCUT2D eigenvalue weighted by Gasteiger charge is 2.32. The zero-order valence-electron chi connectivity index (χ0n) is 13.1. The van der Waals surface area contributed by atoms with E-state index in [9.17, 15) is 9.59 Å². The number of piperazine rings is 1. The fourth-order valence-corrected chi connectivity index (χ4v) is 3.12. The Morgan fingerprint density at radius 1 is 1.32 bits per heavy atom. The maximum atomic E-state index is 12.4. The van der Waals surface area contributed by atoms with Crippen molar-refractivity contribution >= 4 is 11.8 Å². The van der Waals surface area contributed by atoms with Crippen LogP contribution in [0.3, 0.4) is 0 Å². The summed E-state index contributed by atoms with van der Waals surface area (Å²) in [6.45, 7) is 8.28. The molecule has 22 heavy (non-hydrogen) atoms. The van der Waals surface area contributed by atoms with Crippen LogP contribution >= 0.6 is 0 Å². The van der Waals surface area contributed by atoms with Gasteiger partial charge in [-0.15, -0.1) is 0 Å². The molecule has 0 spiro atoms. The van der Waals surface area contributed by atoms with Gasteiger partial charge < -0.3 is 14.7 Å². The molecule has 0 aliphatic carbocycles. The lowest BCUT2D eigenvalue weighted by atomic mass is 10.1. The van der Waals surface area contributed by atoms with E-state index in [1.165, 1.54) is 0 Å². The molecule has 7 heteroatoms. The second kappa shape index (κ2) is 6.08. The van der Waals surface area contributed by atoms with E-state index in [0.29, 0.717) is 26.1 Å². The summed E-state index contributed by atoms with van der Waals surface area (Å²) in [4.78, 5) is 27.8. The quantitative estimate of drug-likeness (QED) is 0.855. The molecule has 2 aliphatic heterocycles. The molecule has 1 N–H and O–H groups in total. The molecule has 0 radical (unpaired) electrons. The normalized spacial score (nSPS) is 22.9. The molecule has 2 aliphatic rings. The third-order valence-electron chi connectivity index (χ3n) is 4.57. The van der Waals surface area contributed by atoms with Crippen molar-refractivity contribution in [3.8, 4) is 0 Å². The Kier molecular flexibility index (Phi) is 4.15. The largest absolute Gasteiger partial charge is 0.361 e. The van der Waals surface area contributed by atoms with Gasteiger partial charge in [0.15, 0.2) is 0 Å². The van der Waals surface area contributed by atoms with Gasteiger partial charge in [-0.1, -0.05) is 5.16 Å². The second-order valence-corrected chi connectivity index (χ2v) is 6.11. The van der Waals surface area contributed by atoms with Gasteiger partial charge in [0.25, 0.3) is 0 Å². The first-order valence-electron chi connectivity index (χ1n) is 7.74. The van der Waals surface area contributed by atoms with Gasteiger partial charge >= 0.3 is 0 Å². The molecule has 0 saturated carbocycles. The van der Waals surface area contributed by atoms with Gasteiger partial charge in [-0.05, 0) is 13.8 Å². The number of hydrogen-bond acceptors (Lipinski definition) is 5. The predicted molar refractivity (Wildman–Crippen MR) is 79.0 cm³/mol. The lowest BCUT2D eigenvalue weighted by Crippen LogP contribution is -2.50. The van der Waals surface area contributed by atoms with Crippen molar-refractivity contribution in [2.45, 2.75) is 26.8 Å². The summed E-state index contributed by atoms with van der Waals surface area (Å²) in [6, 6.07) is 0. The SMILES string of the molecule is Cc1noc(C)c1CN1CCN(C(=O)C2CNC(=O)C2)CC1. The molecule has 3 rings (SSSR count). The van der Waals surface area contributed by atoms with Crippen molar-refractivity contribution in [2.24, 2.45) is 5.92 Å². The first kappa shape index (κ1) is 15.0. The topological polar surface area (TPSA) is 78.7 Å². The maximum absolute atomic E-state index is 12.4. The Bertz CT molecular complexity index is 556. The molecule has 3 heterocycles. The molecular weight excluding hydrogens is 284 g/mol. The fraction of sp³-hybridized carbons (Fsp3) is 0.667. The van der Waals surface area contributed by atoms with Crippen LogP contribution in [0.4, 0.5) is 0 Å². The van der Waals surface area contributed by atoms with E-state index in [-0.39, 0.29) is 17.7 Å². The molecule has 1 aromatic rings. The van der Waals surface area contributed by atoms with E-state index in [2.05, 4.69) is 15.4 Å². The van der Waals surface area contributed by atoms with Crippen LogP contribution < -0.4 is 5.32 Å². The van der Waals surface area contributed by atoms with E-state index < -0.39 is 0 Å². The summed E-state index contributed by atoms with van der Waals surface area (Å²) in [5.74, 6) is 0.777. The average molecular weight is 306 g/mol. The van der Waals surface area contributed by atoms with Crippen molar-refractivity contribution in [1.82, 2.24) is 20.3 Å². The number of carbonyl (C=O) groups excluding carboxylic acids is 2. The van der Waals surface area contributed by atoms with Crippen LogP contribution in [-0.2, 0) is 16.1 Å². The monoisotopic (exact) mass is 306 g/mol. The first-order valence-corrected chi connectivity index (χ1v) is 7.74. The standard InChI is InChI=1S/C15H22N4O3/c1-10-13(11(2)22-17-10)9-18-3-5-19(6-4-18)15(21)12-7-14(20)16-8-12/h12H,3-9H2,1-2H3,(H,16,20). The van der Waals surface area contributed by atoms with Crippen LogP contribution in [0.25, 0.3) is 0 Å². The maximum Gasteiger partial charge on any atom is 0.228 e. The van der Waals surface area contributed by atoms with Crippen LogP contribution in [-0.4, -0.2) is 59.5 Å². The van der Waals surface area contributed by atoms with E-state index in [1.807, 2.05) is 18.7 Å². The number of aromatic nitrogens is 1. The van der Waals surface area contributed by atoms with Crippen molar-refractivity contribution in [3.63, 3.8) is 0 Å². The third-order valence-corrected chi connectivity index (χ3v) is 4.57. The average Bonchev–Trinajstić information content (AvgIpc) is 3.08. The van der Waals surface area contributed by atoms with Crippen LogP contribution in [0.2, 0.25) is 0 Å². The number of nitrogens with zero attached hydrogens (tertiary/aromatic N) is 3. The van der Waals surface area contributed by atoms with Gasteiger partial charge in [0.05, 0.1) is 11.6 Å². The second-order valence-electron chi connectivity index (χ2n) is 6.11. The van der Waals surface area contributed by atoms with Crippen molar-refractivity contribution in [3.05, 3.63) is 17.0 Å². The minimum absolute atomic E-state index is 0.0182. The molecule has 1 unspecified atom stereocenters. The highest BCUT2D eigenvalue weighted by atomic mass is 16.5. The van der Waals surface area contributed by atoms with Gasteiger partial charge in [-0.2, -0.15) is 0 Å². The zero-order chi connectivity index (χ0) is 15.7. The minimum atomic E-state index is -0.179. The van der Waals surface area contributed by atoms with Crippen LogP contribution in [0.1, 0.15) is 23.4 Å². The van der Waals surface area contributed by atoms with E-state index in [0.717, 1.165) is 36.7 Å². The molecule has 2 fully saturated rings. The Hall–Kier alpha value is -1.89. The third kappa shape index (κ3) is 2.99. The van der Waals surface area contributed by atoms with E-state index in [1.54, 1.807) is 0 Å². The van der Waals surface area contributed by atoms with E-state index in [4.69, 9.17) is 4.52 Å². The fourth-order valence-electron chi connectivity index (χ4n) is 3.12. The Labute approximate surface area is 129 Å². The molecule has 2 saturated heterocycles. The molecular formula is C15H22N4O3. The Balaban J connectivity index is 1.52. The Morgan fingerprint density at radius 2 is 2.05 bits per heavy atom. The van der Waals surface area contributed by atoms with Gasteiger partial charge in [0, 0.05) is 51.3 Å². The van der Waals surface area contributed by atoms with Crippen LogP contribution in [0.5, 0.6) is 0 Å².